The van der Waals surface area contributed by atoms with Crippen LogP contribution in [0.25, 0.3) is 0 Å². The van der Waals surface area contributed by atoms with Crippen LogP contribution < -0.4 is 15.5 Å². The lowest BCUT2D eigenvalue weighted by Crippen LogP contribution is -2.35. The Morgan fingerprint density at radius 2 is 1.58 bits per heavy atom. The van der Waals surface area contributed by atoms with Crippen LogP contribution in [0, 0.1) is 0 Å². The van der Waals surface area contributed by atoms with Crippen LogP contribution in [0.4, 0.5) is 0 Å². The van der Waals surface area contributed by atoms with Gasteiger partial charge in [0, 0.05) is 10.0 Å². The molecule has 0 unspecified atom stereocenters. The number of benzene rings is 3. The third-order valence-corrected chi connectivity index (χ3v) is 5.34. The van der Waals surface area contributed by atoms with Crippen LogP contribution in [-0.4, -0.2) is 30.5 Å². The van der Waals surface area contributed by atoms with Crippen molar-refractivity contribution in [1.29, 1.82) is 0 Å². The molecule has 0 fully saturated rings. The summed E-state index contributed by atoms with van der Waals surface area (Å²) in [6, 6.07) is 17.9. The molecular formula is C23H16BrCl2N3O4. The Balaban J connectivity index is 1.61. The number of carbonyl (C=O) groups excluding carboxylic acids is 3. The van der Waals surface area contributed by atoms with Crippen LogP contribution >= 0.6 is 39.1 Å². The molecule has 0 aliphatic heterocycles. The van der Waals surface area contributed by atoms with Crippen molar-refractivity contribution >= 4 is 63.1 Å². The van der Waals surface area contributed by atoms with E-state index >= 15 is 0 Å². The zero-order valence-electron chi connectivity index (χ0n) is 16.8. The molecule has 0 atom stereocenters. The van der Waals surface area contributed by atoms with Crippen molar-refractivity contribution in [2.24, 2.45) is 5.10 Å². The third-order valence-electron chi connectivity index (χ3n) is 4.19. The van der Waals surface area contributed by atoms with E-state index in [4.69, 9.17) is 27.9 Å². The van der Waals surface area contributed by atoms with Gasteiger partial charge >= 0.3 is 5.97 Å². The third kappa shape index (κ3) is 6.89. The van der Waals surface area contributed by atoms with Crippen LogP contribution in [0.1, 0.15) is 26.3 Å². The van der Waals surface area contributed by atoms with Gasteiger partial charge in [-0.05, 0) is 42.5 Å². The van der Waals surface area contributed by atoms with Crippen molar-refractivity contribution < 1.29 is 19.1 Å². The van der Waals surface area contributed by atoms with Gasteiger partial charge in [0.05, 0.1) is 33.9 Å². The molecule has 0 radical (unpaired) electrons. The molecule has 0 bridgehead atoms. The second kappa shape index (κ2) is 11.6. The van der Waals surface area contributed by atoms with E-state index in [0.717, 1.165) is 0 Å². The minimum absolute atomic E-state index is 0.215. The molecule has 2 N–H and O–H groups in total. The van der Waals surface area contributed by atoms with E-state index in [1.54, 1.807) is 66.7 Å². The molecule has 0 spiro atoms. The van der Waals surface area contributed by atoms with Gasteiger partial charge in [0.25, 0.3) is 11.8 Å². The summed E-state index contributed by atoms with van der Waals surface area (Å²) in [5.41, 5.74) is 3.19. The summed E-state index contributed by atoms with van der Waals surface area (Å²) < 4.78 is 6.15. The topological polar surface area (TPSA) is 96.9 Å². The van der Waals surface area contributed by atoms with Gasteiger partial charge in [0.2, 0.25) is 0 Å². The van der Waals surface area contributed by atoms with E-state index in [1.807, 2.05) is 0 Å². The van der Waals surface area contributed by atoms with E-state index in [-0.39, 0.29) is 33.5 Å². The first kappa shape index (κ1) is 24.4. The van der Waals surface area contributed by atoms with Gasteiger partial charge in [0.15, 0.2) is 0 Å². The number of nitrogens with one attached hydrogen (secondary N) is 2. The highest BCUT2D eigenvalue weighted by Gasteiger charge is 2.15. The number of ether oxygens (including phenoxy) is 1. The highest BCUT2D eigenvalue weighted by Crippen LogP contribution is 2.24. The lowest BCUT2D eigenvalue weighted by molar-refractivity contribution is -0.120. The fourth-order valence-corrected chi connectivity index (χ4v) is 3.42. The number of carbonyl (C=O) groups is 3. The molecular weight excluding hydrogens is 533 g/mol. The second-order valence-electron chi connectivity index (χ2n) is 6.51. The number of halogens is 3. The zero-order chi connectivity index (χ0) is 23.8. The molecule has 10 heteroatoms. The first-order chi connectivity index (χ1) is 15.8. The molecule has 3 rings (SSSR count). The lowest BCUT2D eigenvalue weighted by Gasteiger charge is -2.09. The Kier molecular flexibility index (Phi) is 8.59. The van der Waals surface area contributed by atoms with Crippen LogP contribution in [0.15, 0.2) is 76.3 Å². The number of hydrogen-bond acceptors (Lipinski definition) is 5. The molecule has 0 aliphatic carbocycles. The number of nitrogens with zero attached hydrogens (tertiary/aromatic N) is 1. The van der Waals surface area contributed by atoms with E-state index in [1.165, 1.54) is 6.21 Å². The molecule has 0 saturated heterocycles. The van der Waals surface area contributed by atoms with Crippen LogP contribution in [-0.2, 0) is 4.79 Å². The van der Waals surface area contributed by atoms with Crippen LogP contribution in [0.5, 0.6) is 5.75 Å². The number of esters is 1. The smallest absolute Gasteiger partial charge is 0.345 e. The fraction of sp³-hybridized carbons (Fsp3) is 0.0435. The van der Waals surface area contributed by atoms with Gasteiger partial charge in [-0.1, -0.05) is 63.4 Å². The van der Waals surface area contributed by atoms with Crippen molar-refractivity contribution in [3.63, 3.8) is 0 Å². The molecule has 168 valence electrons. The van der Waals surface area contributed by atoms with Crippen molar-refractivity contribution in [3.8, 4) is 5.75 Å². The molecule has 7 nitrogen and oxygen atoms in total. The maximum atomic E-state index is 12.5. The molecule has 0 heterocycles. The maximum Gasteiger partial charge on any atom is 0.345 e. The summed E-state index contributed by atoms with van der Waals surface area (Å²) >= 11 is 15.4. The van der Waals surface area contributed by atoms with Gasteiger partial charge in [-0.3, -0.25) is 9.59 Å². The van der Waals surface area contributed by atoms with E-state index < -0.39 is 17.8 Å². The maximum absolute atomic E-state index is 12.5. The molecule has 3 aromatic carbocycles. The number of hydrazone groups is 1. The number of rotatable bonds is 7. The van der Waals surface area contributed by atoms with Crippen molar-refractivity contribution in [1.82, 2.24) is 10.7 Å². The highest BCUT2D eigenvalue weighted by atomic mass is 79.9. The van der Waals surface area contributed by atoms with Crippen molar-refractivity contribution in [2.75, 3.05) is 6.54 Å². The molecule has 0 saturated carbocycles. The minimum atomic E-state index is -0.635. The normalized spacial score (nSPS) is 10.6. The van der Waals surface area contributed by atoms with Gasteiger partial charge in [0.1, 0.15) is 5.75 Å². The molecule has 2 amide bonds. The Morgan fingerprint density at radius 1 is 0.939 bits per heavy atom. The van der Waals surface area contributed by atoms with Crippen LogP contribution in [0.3, 0.4) is 0 Å². The predicted octanol–water partition coefficient (Wildman–Crippen LogP) is 4.86. The fourth-order valence-electron chi connectivity index (χ4n) is 2.61. The summed E-state index contributed by atoms with van der Waals surface area (Å²) in [5, 5.41) is 6.87. The SMILES string of the molecule is O=C(CNC(=O)c1ccccc1Cl)NN=Cc1cc(Br)ccc1OC(=O)c1ccccc1Cl. The molecule has 3 aromatic rings. The van der Waals surface area contributed by atoms with Crippen molar-refractivity contribution in [2.45, 2.75) is 0 Å². The largest absolute Gasteiger partial charge is 0.422 e. The van der Waals surface area contributed by atoms with Gasteiger partial charge < -0.3 is 10.1 Å². The summed E-state index contributed by atoms with van der Waals surface area (Å²) in [5.74, 6) is -1.46. The summed E-state index contributed by atoms with van der Waals surface area (Å²) in [7, 11) is 0. The zero-order valence-corrected chi connectivity index (χ0v) is 19.9. The monoisotopic (exact) mass is 547 g/mol. The summed E-state index contributed by atoms with van der Waals surface area (Å²) in [6.45, 7) is -0.311. The molecule has 0 aromatic heterocycles. The van der Waals surface area contributed by atoms with Gasteiger partial charge in [-0.15, -0.1) is 0 Å². The first-order valence-electron chi connectivity index (χ1n) is 9.46. The van der Waals surface area contributed by atoms with Crippen molar-refractivity contribution in [3.05, 3.63) is 97.9 Å². The number of hydrogen-bond donors (Lipinski definition) is 2. The molecule has 33 heavy (non-hydrogen) atoms. The standard InChI is InChI=1S/C23H16BrCl2N3O4/c24-15-9-10-20(33-23(32)17-6-2-4-8-19(17)26)14(11-15)12-28-29-21(30)13-27-22(31)16-5-1-3-7-18(16)25/h1-12H,13H2,(H,27,31)(H,29,30). The van der Waals surface area contributed by atoms with E-state index in [2.05, 4.69) is 31.8 Å². The average Bonchev–Trinajstić information content (AvgIpc) is 2.79. The summed E-state index contributed by atoms with van der Waals surface area (Å²) in [6.07, 6.45) is 1.31. The quantitative estimate of drug-likeness (QED) is 0.191. The Bertz CT molecular complexity index is 1230. The Labute approximate surface area is 207 Å². The Morgan fingerprint density at radius 3 is 2.24 bits per heavy atom. The van der Waals surface area contributed by atoms with Gasteiger partial charge in [-0.2, -0.15) is 5.10 Å². The second-order valence-corrected chi connectivity index (χ2v) is 8.24. The summed E-state index contributed by atoms with van der Waals surface area (Å²) in [4.78, 5) is 36.6. The molecule has 0 aliphatic rings. The van der Waals surface area contributed by atoms with Crippen LogP contribution in [0.2, 0.25) is 10.0 Å². The average molecular weight is 549 g/mol. The first-order valence-corrected chi connectivity index (χ1v) is 11.0. The lowest BCUT2D eigenvalue weighted by atomic mass is 10.2. The van der Waals surface area contributed by atoms with E-state index in [0.29, 0.717) is 10.0 Å². The Hall–Kier alpha value is -3.20. The van der Waals surface area contributed by atoms with E-state index in [9.17, 15) is 14.4 Å². The van der Waals surface area contributed by atoms with Gasteiger partial charge in [-0.25, -0.2) is 10.2 Å². The minimum Gasteiger partial charge on any atom is -0.422 e. The number of amides is 2. The highest BCUT2D eigenvalue weighted by molar-refractivity contribution is 9.10. The predicted molar refractivity (Wildman–Crippen MR) is 130 cm³/mol.